The molecule has 0 aliphatic carbocycles. The fourth-order valence-electron chi connectivity index (χ4n) is 3.22. The highest BCUT2D eigenvalue weighted by molar-refractivity contribution is 7.96. The number of hydrogen-bond acceptors (Lipinski definition) is 4. The van der Waals surface area contributed by atoms with Gasteiger partial charge in [-0.15, -0.1) is 0 Å². The molecule has 152 valence electrons. The lowest BCUT2D eigenvalue weighted by molar-refractivity contribution is -0.137. The first-order valence-electron chi connectivity index (χ1n) is 8.82. The number of nitrogens with zero attached hydrogens (tertiary/aromatic N) is 1. The Morgan fingerprint density at radius 1 is 0.833 bits per heavy atom. The van der Waals surface area contributed by atoms with E-state index in [1.165, 1.54) is 47.4 Å². The van der Waals surface area contributed by atoms with Crippen LogP contribution in [0.1, 0.15) is 15.9 Å². The number of anilines is 2. The summed E-state index contributed by atoms with van der Waals surface area (Å²) in [6.45, 7) is 0. The van der Waals surface area contributed by atoms with E-state index in [4.69, 9.17) is 0 Å². The van der Waals surface area contributed by atoms with Gasteiger partial charge in [-0.1, -0.05) is 48.5 Å². The third kappa shape index (κ3) is 3.39. The predicted octanol–water partition coefficient (Wildman–Crippen LogP) is 5.36. The van der Waals surface area contributed by atoms with Gasteiger partial charge in [0.15, 0.2) is 0 Å². The number of sulfone groups is 1. The highest BCUT2D eigenvalue weighted by Crippen LogP contribution is 2.41. The molecule has 3 aromatic carbocycles. The summed E-state index contributed by atoms with van der Waals surface area (Å²) in [6, 6.07) is 18.2. The van der Waals surface area contributed by atoms with Gasteiger partial charge >= 0.3 is 6.18 Å². The minimum absolute atomic E-state index is 0.0885. The quantitative estimate of drug-likeness (QED) is 0.527. The Kier molecular flexibility index (Phi) is 4.74. The van der Waals surface area contributed by atoms with Gasteiger partial charge in [0.05, 0.1) is 16.1 Å². The monoisotopic (exact) mass is 429 g/mol. The average Bonchev–Trinajstić information content (AvgIpc) is 2.74. The number of allylic oxidation sites excluding steroid dienone is 1. The summed E-state index contributed by atoms with van der Waals surface area (Å²) in [5.74, 6) is -0.734. The van der Waals surface area contributed by atoms with Crippen LogP contribution >= 0.6 is 0 Å². The van der Waals surface area contributed by atoms with E-state index in [0.29, 0.717) is 0 Å². The lowest BCUT2D eigenvalue weighted by Gasteiger charge is -2.29. The highest BCUT2D eigenvalue weighted by Gasteiger charge is 2.37. The molecule has 0 N–H and O–H groups in total. The van der Waals surface area contributed by atoms with Crippen molar-refractivity contribution < 1.29 is 26.4 Å². The normalized spacial score (nSPS) is 15.3. The number of halogens is 3. The minimum Gasteiger partial charge on any atom is -0.314 e. The van der Waals surface area contributed by atoms with E-state index in [1.54, 1.807) is 24.3 Å². The maximum Gasteiger partial charge on any atom is 0.416 e. The lowest BCUT2D eigenvalue weighted by Crippen LogP contribution is -2.26. The second-order valence-corrected chi connectivity index (χ2v) is 8.46. The Balaban J connectivity index is 1.93. The lowest BCUT2D eigenvalue weighted by atomic mass is 10.1. The zero-order chi connectivity index (χ0) is 21.5. The van der Waals surface area contributed by atoms with Crippen LogP contribution in [0.4, 0.5) is 24.5 Å². The molecule has 0 unspecified atom stereocenters. The molecule has 0 amide bonds. The Hall–Kier alpha value is -3.39. The number of carbonyl (C=O) groups is 1. The van der Waals surface area contributed by atoms with Crippen molar-refractivity contribution in [3.63, 3.8) is 0 Å². The van der Waals surface area contributed by atoms with Crippen molar-refractivity contribution in [2.24, 2.45) is 0 Å². The van der Waals surface area contributed by atoms with Crippen molar-refractivity contribution in [3.8, 4) is 0 Å². The van der Waals surface area contributed by atoms with Gasteiger partial charge in [-0.2, -0.15) is 13.2 Å². The van der Waals surface area contributed by atoms with Crippen molar-refractivity contribution in [2.75, 3.05) is 4.90 Å². The number of alkyl halides is 3. The van der Waals surface area contributed by atoms with Gasteiger partial charge in [0.1, 0.15) is 4.91 Å². The first kappa shape index (κ1) is 19.9. The summed E-state index contributed by atoms with van der Waals surface area (Å²) in [4.78, 5) is 13.6. The number of hydrogen-bond donors (Lipinski definition) is 0. The topological polar surface area (TPSA) is 54.5 Å². The van der Waals surface area contributed by atoms with E-state index >= 15 is 0 Å². The first-order valence-corrected chi connectivity index (χ1v) is 10.3. The second kappa shape index (κ2) is 7.14. The Labute approximate surface area is 170 Å². The Morgan fingerprint density at radius 3 is 2.20 bits per heavy atom. The molecule has 0 atom stereocenters. The van der Waals surface area contributed by atoms with Crippen molar-refractivity contribution in [2.45, 2.75) is 11.1 Å². The number of para-hydroxylation sites is 1. The first-order chi connectivity index (χ1) is 14.2. The van der Waals surface area contributed by atoms with Crippen LogP contribution in [0, 0.1) is 0 Å². The molecule has 0 spiro atoms. The molecule has 0 aromatic heterocycles. The Bertz CT molecular complexity index is 1270. The van der Waals surface area contributed by atoms with Gasteiger partial charge in [-0.05, 0) is 30.3 Å². The molecule has 0 bridgehead atoms. The van der Waals surface area contributed by atoms with E-state index in [0.717, 1.165) is 18.3 Å². The third-order valence-electron chi connectivity index (χ3n) is 4.66. The molecule has 0 radical (unpaired) electrons. The van der Waals surface area contributed by atoms with E-state index in [1.807, 2.05) is 0 Å². The summed E-state index contributed by atoms with van der Waals surface area (Å²) >= 11 is 0. The molecule has 0 fully saturated rings. The van der Waals surface area contributed by atoms with Gasteiger partial charge in [-0.25, -0.2) is 8.42 Å². The van der Waals surface area contributed by atoms with Crippen LogP contribution < -0.4 is 4.90 Å². The summed E-state index contributed by atoms with van der Waals surface area (Å²) in [7, 11) is -4.16. The fraction of sp³-hybridized carbons (Fsp3) is 0.0455. The molecule has 30 heavy (non-hydrogen) atoms. The average molecular weight is 429 g/mol. The maximum atomic E-state index is 13.2. The number of fused-ring (bicyclic) bond motifs is 1. The van der Waals surface area contributed by atoms with E-state index < -0.39 is 32.3 Å². The third-order valence-corrected chi connectivity index (χ3v) is 6.46. The van der Waals surface area contributed by atoms with Crippen molar-refractivity contribution in [3.05, 3.63) is 101 Å². The van der Waals surface area contributed by atoms with Crippen molar-refractivity contribution in [1.29, 1.82) is 0 Å². The molecule has 8 heteroatoms. The number of ketones is 1. The van der Waals surface area contributed by atoms with Gasteiger partial charge in [0, 0.05) is 17.5 Å². The smallest absolute Gasteiger partial charge is 0.314 e. The van der Waals surface area contributed by atoms with Gasteiger partial charge in [0.2, 0.25) is 15.6 Å². The molecule has 3 aromatic rings. The summed E-state index contributed by atoms with van der Waals surface area (Å²) in [5.41, 5.74) is -0.460. The van der Waals surface area contributed by atoms with E-state index in [9.17, 15) is 26.4 Å². The standard InChI is InChI=1S/C22H14F3NO3S/c23-22(24,25)16-9-6-10-17(13-16)26-14-20(21(27)15-7-2-1-3-8-15)30(28,29)19-12-5-4-11-18(19)26/h1-14H. The van der Waals surface area contributed by atoms with E-state index in [2.05, 4.69) is 0 Å². The van der Waals surface area contributed by atoms with Crippen LogP contribution in [-0.4, -0.2) is 14.2 Å². The molecule has 0 saturated heterocycles. The maximum absolute atomic E-state index is 13.2. The summed E-state index contributed by atoms with van der Waals surface area (Å²) < 4.78 is 65.8. The zero-order valence-corrected chi connectivity index (χ0v) is 16.1. The van der Waals surface area contributed by atoms with Crippen LogP contribution in [0.15, 0.2) is 94.9 Å². The zero-order valence-electron chi connectivity index (χ0n) is 15.3. The minimum atomic E-state index is -4.57. The molecule has 0 saturated carbocycles. The number of carbonyl (C=O) groups excluding carboxylic acids is 1. The predicted molar refractivity (Wildman–Crippen MR) is 106 cm³/mol. The molecule has 1 aliphatic heterocycles. The molecular weight excluding hydrogens is 415 g/mol. The SMILES string of the molecule is O=C(C1=CN(c2cccc(C(F)(F)F)c2)c2ccccc2S1(=O)=O)c1ccccc1. The van der Waals surface area contributed by atoms with E-state index in [-0.39, 0.29) is 21.8 Å². The van der Waals surface area contributed by atoms with Gasteiger partial charge in [0.25, 0.3) is 0 Å². The highest BCUT2D eigenvalue weighted by atomic mass is 32.2. The van der Waals surface area contributed by atoms with Crippen LogP contribution in [-0.2, 0) is 16.0 Å². The Morgan fingerprint density at radius 2 is 1.50 bits per heavy atom. The van der Waals surface area contributed by atoms with Gasteiger partial charge < -0.3 is 4.90 Å². The van der Waals surface area contributed by atoms with Crippen LogP contribution in [0.2, 0.25) is 0 Å². The number of benzene rings is 3. The van der Waals surface area contributed by atoms with Crippen molar-refractivity contribution in [1.82, 2.24) is 0 Å². The molecule has 1 aliphatic rings. The summed E-state index contributed by atoms with van der Waals surface area (Å²) in [5, 5.41) is 0. The largest absolute Gasteiger partial charge is 0.416 e. The fourth-order valence-corrected chi connectivity index (χ4v) is 4.76. The molecule has 4 rings (SSSR count). The molecule has 4 nitrogen and oxygen atoms in total. The van der Waals surface area contributed by atoms with Crippen LogP contribution in [0.5, 0.6) is 0 Å². The number of Topliss-reactive ketones (excluding diaryl/α,β-unsaturated/α-hetero) is 1. The molecule has 1 heterocycles. The number of rotatable bonds is 3. The van der Waals surface area contributed by atoms with Crippen molar-refractivity contribution >= 4 is 27.0 Å². The molecular formula is C22H14F3NO3S. The van der Waals surface area contributed by atoms with Crippen LogP contribution in [0.25, 0.3) is 0 Å². The van der Waals surface area contributed by atoms with Crippen LogP contribution in [0.3, 0.4) is 0 Å². The second-order valence-electron chi connectivity index (χ2n) is 6.58. The summed E-state index contributed by atoms with van der Waals surface area (Å²) in [6.07, 6.45) is -3.48. The van der Waals surface area contributed by atoms with Gasteiger partial charge in [-0.3, -0.25) is 4.79 Å².